The summed E-state index contributed by atoms with van der Waals surface area (Å²) in [4.78, 5) is 0. The molecule has 0 spiro atoms. The number of halogens is 2. The molecule has 5 rings (SSSR count). The predicted octanol–water partition coefficient (Wildman–Crippen LogP) is 5.23. The number of rotatable bonds is 2. The molecule has 0 saturated heterocycles. The molecule has 0 heterocycles. The van der Waals surface area contributed by atoms with Gasteiger partial charge in [0, 0.05) is 11.1 Å². The minimum atomic E-state index is 0.615. The molecule has 0 aromatic heterocycles. The molecular formula is C16H19Cl2N. The summed E-state index contributed by atoms with van der Waals surface area (Å²) in [5.74, 6) is 3.73. The van der Waals surface area contributed by atoms with E-state index in [-0.39, 0.29) is 0 Å². The van der Waals surface area contributed by atoms with Crippen LogP contribution in [-0.4, -0.2) is 6.04 Å². The zero-order chi connectivity index (χ0) is 13.0. The van der Waals surface area contributed by atoms with Gasteiger partial charge in [-0.3, -0.25) is 0 Å². The Hall–Kier alpha value is -0.400. The molecule has 0 unspecified atom stereocenters. The molecule has 4 aliphatic rings. The fourth-order valence-corrected chi connectivity index (χ4v) is 5.29. The Bertz CT molecular complexity index is 472. The minimum Gasteiger partial charge on any atom is -0.381 e. The van der Waals surface area contributed by atoms with Gasteiger partial charge in [-0.15, -0.1) is 0 Å². The molecule has 4 fully saturated rings. The van der Waals surface area contributed by atoms with E-state index in [2.05, 4.69) is 5.32 Å². The molecule has 0 atom stereocenters. The van der Waals surface area contributed by atoms with E-state index < -0.39 is 0 Å². The van der Waals surface area contributed by atoms with Gasteiger partial charge < -0.3 is 5.32 Å². The van der Waals surface area contributed by atoms with Crippen molar-refractivity contribution in [3.05, 3.63) is 28.2 Å². The maximum Gasteiger partial charge on any atom is 0.0638 e. The lowest BCUT2D eigenvalue weighted by Crippen LogP contribution is -2.51. The van der Waals surface area contributed by atoms with Gasteiger partial charge in [0.2, 0.25) is 0 Å². The van der Waals surface area contributed by atoms with Crippen molar-refractivity contribution in [3.8, 4) is 0 Å². The summed E-state index contributed by atoms with van der Waals surface area (Å²) in [5, 5.41) is 5.27. The largest absolute Gasteiger partial charge is 0.381 e. The normalized spacial score (nSPS) is 39.6. The molecule has 4 aliphatic carbocycles. The zero-order valence-electron chi connectivity index (χ0n) is 10.9. The Balaban J connectivity index is 1.58. The van der Waals surface area contributed by atoms with Crippen LogP contribution >= 0.6 is 23.2 Å². The van der Waals surface area contributed by atoms with Crippen LogP contribution in [0.25, 0.3) is 0 Å². The SMILES string of the molecule is Clc1ccc(Cl)c(NC2C3CC4CC(C3)CC2C4)c1. The smallest absolute Gasteiger partial charge is 0.0638 e. The van der Waals surface area contributed by atoms with Gasteiger partial charge in [-0.05, 0) is 74.0 Å². The van der Waals surface area contributed by atoms with Crippen LogP contribution in [0.5, 0.6) is 0 Å². The first-order chi connectivity index (χ1) is 9.19. The molecule has 0 aliphatic heterocycles. The van der Waals surface area contributed by atoms with E-state index in [1.165, 1.54) is 32.1 Å². The van der Waals surface area contributed by atoms with Crippen molar-refractivity contribution < 1.29 is 0 Å². The second-order valence-electron chi connectivity index (χ2n) is 6.73. The van der Waals surface area contributed by atoms with Gasteiger partial charge in [-0.2, -0.15) is 0 Å². The summed E-state index contributed by atoms with van der Waals surface area (Å²) in [6.07, 6.45) is 7.18. The third-order valence-corrected chi connectivity index (χ3v) is 6.04. The Morgan fingerprint density at radius 1 is 0.895 bits per heavy atom. The maximum atomic E-state index is 6.29. The summed E-state index contributed by atoms with van der Waals surface area (Å²) in [7, 11) is 0. The van der Waals surface area contributed by atoms with Gasteiger partial charge in [0.1, 0.15) is 0 Å². The number of nitrogens with one attached hydrogen (secondary N) is 1. The molecule has 4 bridgehead atoms. The Kier molecular flexibility index (Phi) is 2.97. The average molecular weight is 296 g/mol. The van der Waals surface area contributed by atoms with E-state index >= 15 is 0 Å². The predicted molar refractivity (Wildman–Crippen MR) is 80.9 cm³/mol. The summed E-state index contributed by atoms with van der Waals surface area (Å²) in [6, 6.07) is 6.33. The van der Waals surface area contributed by atoms with Gasteiger partial charge in [0.25, 0.3) is 0 Å². The topological polar surface area (TPSA) is 12.0 Å². The second-order valence-corrected chi connectivity index (χ2v) is 7.57. The van der Waals surface area contributed by atoms with Crippen LogP contribution in [0.4, 0.5) is 5.69 Å². The van der Waals surface area contributed by atoms with Gasteiger partial charge >= 0.3 is 0 Å². The van der Waals surface area contributed by atoms with Crippen molar-refractivity contribution >= 4 is 28.9 Å². The lowest BCUT2D eigenvalue weighted by atomic mass is 9.54. The molecule has 4 saturated carbocycles. The van der Waals surface area contributed by atoms with Crippen LogP contribution < -0.4 is 5.32 Å². The average Bonchev–Trinajstić information content (AvgIpc) is 2.37. The van der Waals surface area contributed by atoms with Crippen molar-refractivity contribution in [2.45, 2.75) is 38.1 Å². The van der Waals surface area contributed by atoms with Crippen LogP contribution in [0.2, 0.25) is 10.0 Å². The zero-order valence-corrected chi connectivity index (χ0v) is 12.4. The molecule has 102 valence electrons. The fraction of sp³-hybridized carbons (Fsp3) is 0.625. The van der Waals surface area contributed by atoms with Crippen molar-refractivity contribution in [2.75, 3.05) is 5.32 Å². The van der Waals surface area contributed by atoms with E-state index in [0.29, 0.717) is 6.04 Å². The van der Waals surface area contributed by atoms with Crippen LogP contribution in [0, 0.1) is 23.7 Å². The number of hydrogen-bond donors (Lipinski definition) is 1. The quantitative estimate of drug-likeness (QED) is 0.788. The minimum absolute atomic E-state index is 0.615. The standard InChI is InChI=1S/C16H19Cl2N/c17-13-1-2-14(18)15(8-13)19-16-11-4-9-3-10(6-11)7-12(16)5-9/h1-2,8-12,16,19H,3-7H2. The molecule has 1 N–H and O–H groups in total. The molecule has 19 heavy (non-hydrogen) atoms. The number of hydrogen-bond acceptors (Lipinski definition) is 1. The molecule has 3 heteroatoms. The second kappa shape index (κ2) is 4.56. The maximum absolute atomic E-state index is 6.29. The van der Waals surface area contributed by atoms with E-state index in [1.807, 2.05) is 18.2 Å². The highest BCUT2D eigenvalue weighted by Crippen LogP contribution is 2.54. The third-order valence-electron chi connectivity index (χ3n) is 5.48. The van der Waals surface area contributed by atoms with E-state index in [1.54, 1.807) is 0 Å². The molecule has 0 amide bonds. The summed E-state index contributed by atoms with van der Waals surface area (Å²) >= 11 is 12.4. The molecule has 0 radical (unpaired) electrons. The summed E-state index contributed by atoms with van der Waals surface area (Å²) in [5.41, 5.74) is 1.02. The number of anilines is 1. The lowest BCUT2D eigenvalue weighted by molar-refractivity contribution is 0.00754. The molecule has 1 aromatic carbocycles. The highest BCUT2D eigenvalue weighted by Gasteiger charge is 2.48. The highest BCUT2D eigenvalue weighted by atomic mass is 35.5. The summed E-state index contributed by atoms with van der Waals surface area (Å²) in [6.45, 7) is 0. The highest BCUT2D eigenvalue weighted by molar-refractivity contribution is 6.35. The fourth-order valence-electron chi connectivity index (χ4n) is 4.95. The van der Waals surface area contributed by atoms with Crippen LogP contribution in [0.1, 0.15) is 32.1 Å². The molecule has 1 aromatic rings. The lowest BCUT2D eigenvalue weighted by Gasteiger charge is -2.54. The van der Waals surface area contributed by atoms with E-state index in [4.69, 9.17) is 23.2 Å². The summed E-state index contributed by atoms with van der Waals surface area (Å²) < 4.78 is 0. The van der Waals surface area contributed by atoms with Gasteiger partial charge in [-0.25, -0.2) is 0 Å². The first-order valence-corrected chi connectivity index (χ1v) is 8.16. The van der Waals surface area contributed by atoms with Crippen LogP contribution in [0.3, 0.4) is 0 Å². The molecular weight excluding hydrogens is 277 g/mol. The first kappa shape index (κ1) is 12.3. The van der Waals surface area contributed by atoms with Crippen molar-refractivity contribution in [1.82, 2.24) is 0 Å². The first-order valence-electron chi connectivity index (χ1n) is 7.40. The van der Waals surface area contributed by atoms with E-state index in [9.17, 15) is 0 Å². The van der Waals surface area contributed by atoms with Crippen molar-refractivity contribution in [2.24, 2.45) is 23.7 Å². The van der Waals surface area contributed by atoms with Gasteiger partial charge in [-0.1, -0.05) is 23.2 Å². The van der Waals surface area contributed by atoms with Crippen LogP contribution in [0.15, 0.2) is 18.2 Å². The van der Waals surface area contributed by atoms with E-state index in [0.717, 1.165) is 39.4 Å². The Morgan fingerprint density at radius 2 is 1.53 bits per heavy atom. The van der Waals surface area contributed by atoms with Gasteiger partial charge in [0.15, 0.2) is 0 Å². The number of benzene rings is 1. The van der Waals surface area contributed by atoms with Crippen molar-refractivity contribution in [1.29, 1.82) is 0 Å². The Morgan fingerprint density at radius 3 is 2.16 bits per heavy atom. The Labute approximate surface area is 124 Å². The third kappa shape index (κ3) is 2.15. The van der Waals surface area contributed by atoms with Crippen LogP contribution in [-0.2, 0) is 0 Å². The molecule has 1 nitrogen and oxygen atoms in total. The monoisotopic (exact) mass is 295 g/mol. The van der Waals surface area contributed by atoms with Crippen molar-refractivity contribution in [3.63, 3.8) is 0 Å². The van der Waals surface area contributed by atoms with Gasteiger partial charge in [0.05, 0.1) is 10.7 Å².